The average Bonchev–Trinajstić information content (AvgIpc) is 2.88. The maximum atomic E-state index is 4.66. The smallest absolute Gasteiger partial charge is 0.0399 e. The molecule has 3 rings (SSSR count). The maximum Gasteiger partial charge on any atom is 0.0399 e. The summed E-state index contributed by atoms with van der Waals surface area (Å²) < 4.78 is 0. The number of aryl methyl sites for hydroxylation is 2. The number of hydrogen-bond donors (Lipinski definition) is 1. The van der Waals surface area contributed by atoms with Crippen LogP contribution in [0.2, 0.25) is 0 Å². The summed E-state index contributed by atoms with van der Waals surface area (Å²) in [6.07, 6.45) is 8.09. The van der Waals surface area contributed by atoms with Gasteiger partial charge in [-0.3, -0.25) is 0 Å². The second kappa shape index (κ2) is 5.40. The molecule has 0 unspecified atom stereocenters. The predicted octanol–water partition coefficient (Wildman–Crippen LogP) is 4.24. The first-order valence-electron chi connectivity index (χ1n) is 7.68. The number of anilines is 1. The molecule has 0 spiro atoms. The van der Waals surface area contributed by atoms with E-state index in [1.807, 2.05) is 0 Å². The zero-order valence-electron chi connectivity index (χ0n) is 12.0. The molecule has 1 heterocycles. The summed E-state index contributed by atoms with van der Waals surface area (Å²) in [5.74, 6) is 1.05. The standard InChI is InChI=1S/C17H25NS/c1-14-6-7-16-15(11-14)5-4-10-18(16)12-17(13-19)8-2-3-9-17/h6-7,11,19H,2-5,8-10,12-13H2,1H3. The van der Waals surface area contributed by atoms with Crippen molar-refractivity contribution in [1.82, 2.24) is 0 Å². The summed E-state index contributed by atoms with van der Waals surface area (Å²) in [6.45, 7) is 4.64. The number of nitrogens with zero attached hydrogens (tertiary/aromatic N) is 1. The van der Waals surface area contributed by atoms with Crippen molar-refractivity contribution < 1.29 is 0 Å². The minimum Gasteiger partial charge on any atom is -0.371 e. The van der Waals surface area contributed by atoms with Gasteiger partial charge in [0.1, 0.15) is 0 Å². The van der Waals surface area contributed by atoms with Crippen LogP contribution in [-0.4, -0.2) is 18.8 Å². The molecular formula is C17H25NS. The fourth-order valence-corrected chi connectivity index (χ4v) is 4.28. The SMILES string of the molecule is Cc1ccc2c(c1)CCCN2CC1(CS)CCCC1. The van der Waals surface area contributed by atoms with Gasteiger partial charge in [-0.25, -0.2) is 0 Å². The van der Waals surface area contributed by atoms with Crippen molar-refractivity contribution in [3.05, 3.63) is 29.3 Å². The molecule has 0 saturated heterocycles. The fourth-order valence-electron chi connectivity index (χ4n) is 3.86. The second-order valence-corrected chi connectivity index (χ2v) is 6.84. The molecule has 104 valence electrons. The van der Waals surface area contributed by atoms with Crippen molar-refractivity contribution >= 4 is 18.3 Å². The van der Waals surface area contributed by atoms with Gasteiger partial charge >= 0.3 is 0 Å². The molecule has 1 aliphatic heterocycles. The Bertz CT molecular complexity index is 449. The van der Waals surface area contributed by atoms with Gasteiger partial charge < -0.3 is 4.90 Å². The highest BCUT2D eigenvalue weighted by molar-refractivity contribution is 7.80. The van der Waals surface area contributed by atoms with Gasteiger partial charge in [-0.2, -0.15) is 12.6 Å². The highest BCUT2D eigenvalue weighted by Crippen LogP contribution is 2.41. The molecule has 0 bridgehead atoms. The van der Waals surface area contributed by atoms with E-state index < -0.39 is 0 Å². The summed E-state index contributed by atoms with van der Waals surface area (Å²) >= 11 is 4.66. The number of benzene rings is 1. The largest absolute Gasteiger partial charge is 0.371 e. The predicted molar refractivity (Wildman–Crippen MR) is 86.5 cm³/mol. The molecule has 1 aliphatic carbocycles. The van der Waals surface area contributed by atoms with E-state index in [-0.39, 0.29) is 0 Å². The Morgan fingerprint density at radius 2 is 2.00 bits per heavy atom. The van der Waals surface area contributed by atoms with E-state index >= 15 is 0 Å². The molecule has 1 nitrogen and oxygen atoms in total. The van der Waals surface area contributed by atoms with E-state index in [1.165, 1.54) is 62.9 Å². The summed E-state index contributed by atoms with van der Waals surface area (Å²) in [7, 11) is 0. The van der Waals surface area contributed by atoms with Crippen molar-refractivity contribution in [2.24, 2.45) is 5.41 Å². The van der Waals surface area contributed by atoms with Crippen LogP contribution in [0.4, 0.5) is 5.69 Å². The van der Waals surface area contributed by atoms with Crippen molar-refractivity contribution in [2.75, 3.05) is 23.7 Å². The molecule has 1 saturated carbocycles. The lowest BCUT2D eigenvalue weighted by atomic mass is 9.86. The second-order valence-electron chi connectivity index (χ2n) is 6.52. The van der Waals surface area contributed by atoms with E-state index in [0.29, 0.717) is 5.41 Å². The molecule has 19 heavy (non-hydrogen) atoms. The summed E-state index contributed by atoms with van der Waals surface area (Å²) in [5, 5.41) is 0. The first-order valence-corrected chi connectivity index (χ1v) is 8.31. The Kier molecular flexibility index (Phi) is 3.79. The summed E-state index contributed by atoms with van der Waals surface area (Å²) in [4.78, 5) is 2.64. The summed E-state index contributed by atoms with van der Waals surface area (Å²) in [5.41, 5.74) is 4.91. The highest BCUT2D eigenvalue weighted by atomic mass is 32.1. The lowest BCUT2D eigenvalue weighted by Crippen LogP contribution is -2.40. The first kappa shape index (κ1) is 13.4. The quantitative estimate of drug-likeness (QED) is 0.808. The molecule has 0 N–H and O–H groups in total. The number of thiol groups is 1. The monoisotopic (exact) mass is 275 g/mol. The van der Waals surface area contributed by atoms with Crippen molar-refractivity contribution in [3.8, 4) is 0 Å². The molecule has 0 aromatic heterocycles. The zero-order chi connectivity index (χ0) is 13.3. The van der Waals surface area contributed by atoms with Crippen LogP contribution >= 0.6 is 12.6 Å². The van der Waals surface area contributed by atoms with Crippen molar-refractivity contribution in [3.63, 3.8) is 0 Å². The minimum absolute atomic E-state index is 0.475. The van der Waals surface area contributed by atoms with E-state index in [1.54, 1.807) is 5.56 Å². The van der Waals surface area contributed by atoms with Crippen molar-refractivity contribution in [1.29, 1.82) is 0 Å². The summed E-state index contributed by atoms with van der Waals surface area (Å²) in [6, 6.07) is 6.98. The van der Waals surface area contributed by atoms with Crippen LogP contribution in [0.3, 0.4) is 0 Å². The molecule has 0 atom stereocenters. The Labute approximate surface area is 122 Å². The van der Waals surface area contributed by atoms with Gasteiger partial charge in [0.2, 0.25) is 0 Å². The lowest BCUT2D eigenvalue weighted by Gasteiger charge is -2.39. The van der Waals surface area contributed by atoms with E-state index in [4.69, 9.17) is 0 Å². The van der Waals surface area contributed by atoms with Crippen LogP contribution in [0.5, 0.6) is 0 Å². The maximum absolute atomic E-state index is 4.66. The lowest BCUT2D eigenvalue weighted by molar-refractivity contribution is 0.345. The van der Waals surface area contributed by atoms with Crippen molar-refractivity contribution in [2.45, 2.75) is 45.4 Å². The van der Waals surface area contributed by atoms with Gasteiger partial charge in [0.05, 0.1) is 0 Å². The fraction of sp³-hybridized carbons (Fsp3) is 0.647. The molecule has 0 radical (unpaired) electrons. The minimum atomic E-state index is 0.475. The molecule has 2 heteroatoms. The Balaban J connectivity index is 1.83. The topological polar surface area (TPSA) is 3.24 Å². The Morgan fingerprint density at radius 1 is 1.21 bits per heavy atom. The Morgan fingerprint density at radius 3 is 2.74 bits per heavy atom. The van der Waals surface area contributed by atoms with Crippen LogP contribution in [0.1, 0.15) is 43.2 Å². The molecule has 0 amide bonds. The van der Waals surface area contributed by atoms with E-state index in [9.17, 15) is 0 Å². The first-order chi connectivity index (χ1) is 9.22. The van der Waals surface area contributed by atoms with Gasteiger partial charge in [-0.05, 0) is 55.4 Å². The number of rotatable bonds is 3. The van der Waals surface area contributed by atoms with E-state index in [2.05, 4.69) is 42.7 Å². The van der Waals surface area contributed by atoms with Crippen LogP contribution in [-0.2, 0) is 6.42 Å². The van der Waals surface area contributed by atoms with Gasteiger partial charge in [0, 0.05) is 18.8 Å². The normalized spacial score (nSPS) is 21.5. The third kappa shape index (κ3) is 2.65. The molecule has 1 aromatic rings. The third-order valence-electron chi connectivity index (χ3n) is 4.98. The average molecular weight is 275 g/mol. The molecule has 2 aliphatic rings. The third-order valence-corrected chi connectivity index (χ3v) is 5.65. The molecule has 1 fully saturated rings. The number of hydrogen-bond acceptors (Lipinski definition) is 2. The van der Waals surface area contributed by atoms with Gasteiger partial charge in [0.15, 0.2) is 0 Å². The zero-order valence-corrected chi connectivity index (χ0v) is 12.9. The van der Waals surface area contributed by atoms with E-state index in [0.717, 1.165) is 5.75 Å². The van der Waals surface area contributed by atoms with Crippen LogP contribution < -0.4 is 4.90 Å². The van der Waals surface area contributed by atoms with Crippen LogP contribution in [0, 0.1) is 12.3 Å². The highest BCUT2D eigenvalue weighted by Gasteiger charge is 2.35. The van der Waals surface area contributed by atoms with Gasteiger partial charge in [-0.15, -0.1) is 0 Å². The van der Waals surface area contributed by atoms with Crippen LogP contribution in [0.15, 0.2) is 18.2 Å². The Hall–Kier alpha value is -0.630. The number of fused-ring (bicyclic) bond motifs is 1. The molecule has 1 aromatic carbocycles. The van der Waals surface area contributed by atoms with Crippen LogP contribution in [0.25, 0.3) is 0 Å². The van der Waals surface area contributed by atoms with Gasteiger partial charge in [0.25, 0.3) is 0 Å². The molecular weight excluding hydrogens is 250 g/mol. The van der Waals surface area contributed by atoms with Gasteiger partial charge in [-0.1, -0.05) is 30.5 Å².